The van der Waals surface area contributed by atoms with E-state index in [4.69, 9.17) is 0 Å². The number of sulfonamides is 1. The van der Waals surface area contributed by atoms with Crippen LogP contribution in [0.5, 0.6) is 0 Å². The minimum Gasteiger partial charge on any atom is -0.321 e. The molecule has 0 unspecified atom stereocenters. The minimum atomic E-state index is -3.81. The monoisotopic (exact) mass is 358 g/mol. The second kappa shape index (κ2) is 6.69. The Bertz CT molecular complexity index is 984. The lowest BCUT2D eigenvalue weighted by atomic mass is 10.3. The van der Waals surface area contributed by atoms with Crippen molar-refractivity contribution in [3.05, 3.63) is 60.7 Å². The van der Waals surface area contributed by atoms with E-state index >= 15 is 0 Å². The first-order valence-corrected chi connectivity index (χ1v) is 8.63. The van der Waals surface area contributed by atoms with Gasteiger partial charge in [-0.1, -0.05) is 0 Å². The van der Waals surface area contributed by atoms with E-state index < -0.39 is 10.0 Å². The van der Waals surface area contributed by atoms with Gasteiger partial charge in [0.25, 0.3) is 15.9 Å². The highest BCUT2D eigenvalue weighted by Crippen LogP contribution is 2.16. The van der Waals surface area contributed by atoms with Crippen molar-refractivity contribution >= 4 is 27.6 Å². The molecule has 0 atom stereocenters. The number of rotatable bonds is 5. The number of nitrogens with zero attached hydrogens (tertiary/aromatic N) is 4. The lowest BCUT2D eigenvalue weighted by molar-refractivity contribution is 0.102. The van der Waals surface area contributed by atoms with Crippen LogP contribution in [0.15, 0.2) is 59.9 Å². The Morgan fingerprint density at radius 3 is 2.36 bits per heavy atom. The van der Waals surface area contributed by atoms with E-state index in [1.54, 1.807) is 25.4 Å². The van der Waals surface area contributed by atoms with Crippen LogP contribution in [0.4, 0.5) is 11.6 Å². The molecule has 0 spiro atoms. The van der Waals surface area contributed by atoms with Gasteiger partial charge in [0, 0.05) is 31.3 Å². The zero-order valence-corrected chi connectivity index (χ0v) is 13.9. The van der Waals surface area contributed by atoms with Crippen LogP contribution < -0.4 is 10.0 Å². The summed E-state index contributed by atoms with van der Waals surface area (Å²) in [5.41, 5.74) is 0.715. The Balaban J connectivity index is 1.72. The van der Waals surface area contributed by atoms with E-state index in [1.807, 2.05) is 0 Å². The molecule has 2 N–H and O–H groups in total. The maximum atomic E-state index is 12.3. The van der Waals surface area contributed by atoms with E-state index in [9.17, 15) is 13.2 Å². The molecule has 1 aromatic carbocycles. The third-order valence-corrected chi connectivity index (χ3v) is 4.50. The average molecular weight is 358 g/mol. The Labute approximate surface area is 143 Å². The third kappa shape index (κ3) is 3.98. The van der Waals surface area contributed by atoms with Crippen LogP contribution in [0.1, 0.15) is 10.5 Å². The van der Waals surface area contributed by atoms with Gasteiger partial charge in [0.15, 0.2) is 5.69 Å². The fraction of sp³-hybridized carbons (Fsp3) is 0.0667. The predicted molar refractivity (Wildman–Crippen MR) is 90.4 cm³/mol. The van der Waals surface area contributed by atoms with Crippen molar-refractivity contribution in [2.24, 2.45) is 7.05 Å². The van der Waals surface area contributed by atoms with Gasteiger partial charge in [-0.3, -0.25) is 9.48 Å². The number of nitrogens with one attached hydrogen (secondary N) is 2. The number of carbonyl (C=O) groups is 1. The first-order chi connectivity index (χ1) is 11.9. The second-order valence-corrected chi connectivity index (χ2v) is 6.71. The fourth-order valence-electron chi connectivity index (χ4n) is 1.98. The van der Waals surface area contributed by atoms with Crippen LogP contribution in [0, 0.1) is 0 Å². The predicted octanol–water partition coefficient (Wildman–Crippen LogP) is 1.26. The molecule has 9 nitrogen and oxygen atoms in total. The quantitative estimate of drug-likeness (QED) is 0.709. The molecule has 1 amide bonds. The first kappa shape index (κ1) is 16.6. The summed E-state index contributed by atoms with van der Waals surface area (Å²) >= 11 is 0. The summed E-state index contributed by atoms with van der Waals surface area (Å²) < 4.78 is 28.3. The molecular weight excluding hydrogens is 344 g/mol. The number of amides is 1. The van der Waals surface area contributed by atoms with E-state index in [0.717, 1.165) is 0 Å². The van der Waals surface area contributed by atoms with Gasteiger partial charge in [0.2, 0.25) is 5.95 Å². The summed E-state index contributed by atoms with van der Waals surface area (Å²) in [6, 6.07) is 8.88. The molecule has 128 valence electrons. The number of hydrogen-bond donors (Lipinski definition) is 2. The van der Waals surface area contributed by atoms with Crippen molar-refractivity contribution in [3.8, 4) is 0 Å². The van der Waals surface area contributed by atoms with Crippen molar-refractivity contribution in [1.82, 2.24) is 19.7 Å². The molecule has 0 aliphatic rings. The molecule has 25 heavy (non-hydrogen) atoms. The summed E-state index contributed by atoms with van der Waals surface area (Å²) in [6.45, 7) is 0. The Hall–Kier alpha value is -3.27. The van der Waals surface area contributed by atoms with Gasteiger partial charge < -0.3 is 5.32 Å². The van der Waals surface area contributed by atoms with E-state index in [-0.39, 0.29) is 22.4 Å². The highest BCUT2D eigenvalue weighted by atomic mass is 32.2. The summed E-state index contributed by atoms with van der Waals surface area (Å²) in [7, 11) is -2.10. The van der Waals surface area contributed by atoms with Crippen LogP contribution in [0.2, 0.25) is 0 Å². The average Bonchev–Trinajstić information content (AvgIpc) is 3.02. The summed E-state index contributed by atoms with van der Waals surface area (Å²) in [5, 5.41) is 6.64. The van der Waals surface area contributed by atoms with Gasteiger partial charge in [-0.15, -0.1) is 0 Å². The largest absolute Gasteiger partial charge is 0.321 e. The molecule has 0 aliphatic carbocycles. The van der Waals surface area contributed by atoms with Gasteiger partial charge in [-0.05, 0) is 36.4 Å². The van der Waals surface area contributed by atoms with E-state index in [2.05, 4.69) is 25.1 Å². The molecule has 0 aliphatic heterocycles. The van der Waals surface area contributed by atoms with E-state index in [1.165, 1.54) is 41.3 Å². The molecule has 0 saturated carbocycles. The van der Waals surface area contributed by atoms with Crippen LogP contribution in [0.3, 0.4) is 0 Å². The third-order valence-electron chi connectivity index (χ3n) is 3.16. The first-order valence-electron chi connectivity index (χ1n) is 7.15. The second-order valence-electron chi connectivity index (χ2n) is 5.03. The normalized spacial score (nSPS) is 11.1. The van der Waals surface area contributed by atoms with Crippen LogP contribution >= 0.6 is 0 Å². The van der Waals surface area contributed by atoms with Crippen molar-refractivity contribution in [2.75, 3.05) is 10.0 Å². The molecule has 0 saturated heterocycles. The van der Waals surface area contributed by atoms with Gasteiger partial charge in [-0.25, -0.2) is 23.1 Å². The van der Waals surface area contributed by atoms with Crippen molar-refractivity contribution in [1.29, 1.82) is 0 Å². The minimum absolute atomic E-state index is 0.0185. The zero-order chi connectivity index (χ0) is 17.9. The highest BCUT2D eigenvalue weighted by molar-refractivity contribution is 7.92. The maximum Gasteiger partial charge on any atom is 0.276 e. The van der Waals surface area contributed by atoms with Gasteiger partial charge in [0.05, 0.1) is 4.90 Å². The summed E-state index contributed by atoms with van der Waals surface area (Å²) in [4.78, 5) is 19.7. The Morgan fingerprint density at radius 1 is 1.08 bits per heavy atom. The zero-order valence-electron chi connectivity index (χ0n) is 13.1. The molecule has 0 bridgehead atoms. The van der Waals surface area contributed by atoms with Crippen LogP contribution in [-0.2, 0) is 17.1 Å². The van der Waals surface area contributed by atoms with Crippen molar-refractivity contribution < 1.29 is 13.2 Å². The molecule has 2 heterocycles. The fourth-order valence-corrected chi connectivity index (χ4v) is 2.94. The topological polar surface area (TPSA) is 119 Å². The molecule has 0 radical (unpaired) electrons. The van der Waals surface area contributed by atoms with Gasteiger partial charge >= 0.3 is 0 Å². The Morgan fingerprint density at radius 2 is 1.76 bits per heavy atom. The number of benzene rings is 1. The number of carbonyl (C=O) groups excluding carboxylic acids is 1. The number of aryl methyl sites for hydroxylation is 1. The van der Waals surface area contributed by atoms with Gasteiger partial charge in [0.1, 0.15) is 0 Å². The SMILES string of the molecule is Cn1ccc(C(=O)Nc2ccc(S(=O)(=O)Nc3ncccn3)cc2)n1. The van der Waals surface area contributed by atoms with Crippen molar-refractivity contribution in [3.63, 3.8) is 0 Å². The molecular formula is C15H14N6O3S. The lowest BCUT2D eigenvalue weighted by Gasteiger charge is -2.08. The summed E-state index contributed by atoms with van der Waals surface area (Å²) in [5.74, 6) is -0.401. The van der Waals surface area contributed by atoms with Crippen LogP contribution in [0.25, 0.3) is 0 Å². The molecule has 3 rings (SSSR count). The lowest BCUT2D eigenvalue weighted by Crippen LogP contribution is -2.15. The van der Waals surface area contributed by atoms with E-state index in [0.29, 0.717) is 5.69 Å². The Kier molecular flexibility index (Phi) is 4.44. The maximum absolute atomic E-state index is 12.3. The molecule has 2 aromatic heterocycles. The smallest absolute Gasteiger partial charge is 0.276 e. The highest BCUT2D eigenvalue weighted by Gasteiger charge is 2.16. The standard InChI is InChI=1S/C15H14N6O3S/c1-21-10-7-13(19-21)14(22)18-11-3-5-12(6-4-11)25(23,24)20-15-16-8-2-9-17-15/h2-10H,1H3,(H,18,22)(H,16,17,20). The number of hydrogen-bond acceptors (Lipinski definition) is 6. The summed E-state index contributed by atoms with van der Waals surface area (Å²) in [6.07, 6.45) is 4.52. The number of aromatic nitrogens is 4. The molecule has 3 aromatic rings. The number of anilines is 2. The molecule has 10 heteroatoms. The van der Waals surface area contributed by atoms with Gasteiger partial charge in [-0.2, -0.15) is 5.10 Å². The van der Waals surface area contributed by atoms with Crippen LogP contribution in [-0.4, -0.2) is 34.1 Å². The molecule has 0 fully saturated rings. The van der Waals surface area contributed by atoms with Crippen molar-refractivity contribution in [2.45, 2.75) is 4.90 Å².